The molecule has 1 amide bonds. The van der Waals surface area contributed by atoms with Gasteiger partial charge in [-0.3, -0.25) is 14.4 Å². The fourth-order valence-electron chi connectivity index (χ4n) is 5.96. The third-order valence-corrected chi connectivity index (χ3v) is 9.07. The van der Waals surface area contributed by atoms with E-state index in [-0.39, 0.29) is 23.9 Å². The van der Waals surface area contributed by atoms with Gasteiger partial charge in [-0.25, -0.2) is 0 Å². The molecule has 1 atom stereocenters. The van der Waals surface area contributed by atoms with Crippen molar-refractivity contribution in [2.24, 2.45) is 0 Å². The van der Waals surface area contributed by atoms with Crippen LogP contribution in [0.4, 0.5) is 0 Å². The van der Waals surface area contributed by atoms with Gasteiger partial charge >= 0.3 is 11.9 Å². The number of amides is 1. The summed E-state index contributed by atoms with van der Waals surface area (Å²) in [6.07, 6.45) is 28.9. The van der Waals surface area contributed by atoms with Gasteiger partial charge in [-0.05, 0) is 77.4 Å². The van der Waals surface area contributed by atoms with Crippen LogP contribution >= 0.6 is 0 Å². The summed E-state index contributed by atoms with van der Waals surface area (Å²) < 4.78 is 11.2. The zero-order chi connectivity index (χ0) is 34.6. The van der Waals surface area contributed by atoms with E-state index in [1.807, 2.05) is 6.92 Å². The van der Waals surface area contributed by atoms with E-state index in [4.69, 9.17) is 9.47 Å². The minimum atomic E-state index is -0.0336. The molecule has 0 fully saturated rings. The molecule has 0 saturated heterocycles. The molecule has 1 unspecified atom stereocenters. The van der Waals surface area contributed by atoms with E-state index in [1.54, 1.807) is 0 Å². The molecular weight excluding hydrogens is 588 g/mol. The Morgan fingerprint density at radius 1 is 0.532 bits per heavy atom. The van der Waals surface area contributed by atoms with E-state index >= 15 is 0 Å². The van der Waals surface area contributed by atoms with Crippen LogP contribution in [0.1, 0.15) is 201 Å². The fourth-order valence-corrected chi connectivity index (χ4v) is 5.96. The van der Waals surface area contributed by atoms with E-state index < -0.39 is 0 Å². The monoisotopic (exact) mass is 667 g/mol. The van der Waals surface area contributed by atoms with Crippen LogP contribution in [0.2, 0.25) is 0 Å². The summed E-state index contributed by atoms with van der Waals surface area (Å²) >= 11 is 0. The summed E-state index contributed by atoms with van der Waals surface area (Å²) in [6, 6.07) is 0. The summed E-state index contributed by atoms with van der Waals surface area (Å²) in [5, 5.41) is 3.01. The smallest absolute Gasteiger partial charge is 0.306 e. The Kier molecular flexibility index (Phi) is 34.4. The van der Waals surface area contributed by atoms with Crippen molar-refractivity contribution in [3.63, 3.8) is 0 Å². The average molecular weight is 667 g/mol. The number of rotatable bonds is 36. The highest BCUT2D eigenvalue weighted by Crippen LogP contribution is 2.16. The first kappa shape index (κ1) is 45.4. The van der Waals surface area contributed by atoms with Crippen molar-refractivity contribution in [2.75, 3.05) is 32.8 Å². The van der Waals surface area contributed by atoms with Crippen LogP contribution in [0, 0.1) is 0 Å². The topological polar surface area (TPSA) is 84.9 Å². The van der Waals surface area contributed by atoms with Gasteiger partial charge in [-0.15, -0.1) is 0 Å². The van der Waals surface area contributed by atoms with Crippen LogP contribution < -0.4 is 5.32 Å². The molecule has 47 heavy (non-hydrogen) atoms. The Bertz CT molecular complexity index is 717. The number of nitrogens with zero attached hydrogens (tertiary/aromatic N) is 1. The quantitative estimate of drug-likeness (QED) is 0.0529. The standard InChI is InChI=1S/C40H78N2O5/c1-5-9-12-13-20-26-36-46-39(44)30-22-16-14-18-24-33-42(35-27-32-41-38(43)8-4)34-25-19-15-17-23-31-40(45)47-37(28-11-7-3)29-21-10-6-2/h37H,5-36H2,1-4H3,(H,41,43). The molecule has 0 aromatic rings. The summed E-state index contributed by atoms with van der Waals surface area (Å²) in [4.78, 5) is 38.6. The molecule has 0 aliphatic heterocycles. The summed E-state index contributed by atoms with van der Waals surface area (Å²) in [7, 11) is 0. The lowest BCUT2D eigenvalue weighted by Crippen LogP contribution is -2.31. The molecular formula is C40H78N2O5. The van der Waals surface area contributed by atoms with Crippen LogP contribution in [0.15, 0.2) is 0 Å². The summed E-state index contributed by atoms with van der Waals surface area (Å²) in [5.74, 6) is 0.0840. The van der Waals surface area contributed by atoms with Crippen molar-refractivity contribution in [3.05, 3.63) is 0 Å². The Hall–Kier alpha value is -1.63. The lowest BCUT2D eigenvalue weighted by molar-refractivity contribution is -0.150. The molecule has 0 saturated carbocycles. The van der Waals surface area contributed by atoms with Gasteiger partial charge in [-0.1, -0.05) is 124 Å². The number of carbonyl (C=O) groups is 3. The number of carbonyl (C=O) groups excluding carboxylic acids is 3. The molecule has 0 heterocycles. The number of hydrogen-bond donors (Lipinski definition) is 1. The highest BCUT2D eigenvalue weighted by Gasteiger charge is 2.14. The molecule has 0 aromatic heterocycles. The molecule has 278 valence electrons. The van der Waals surface area contributed by atoms with Gasteiger partial charge in [0.05, 0.1) is 6.61 Å². The third-order valence-electron chi connectivity index (χ3n) is 9.07. The van der Waals surface area contributed by atoms with E-state index in [2.05, 4.69) is 31.0 Å². The predicted octanol–water partition coefficient (Wildman–Crippen LogP) is 10.5. The normalized spacial score (nSPS) is 11.9. The molecule has 7 nitrogen and oxygen atoms in total. The highest BCUT2D eigenvalue weighted by atomic mass is 16.5. The first-order chi connectivity index (χ1) is 23.0. The maximum Gasteiger partial charge on any atom is 0.306 e. The number of esters is 2. The second-order valence-electron chi connectivity index (χ2n) is 13.7. The predicted molar refractivity (Wildman–Crippen MR) is 198 cm³/mol. The number of ether oxygens (including phenoxy) is 2. The van der Waals surface area contributed by atoms with Crippen LogP contribution in [0.5, 0.6) is 0 Å². The minimum absolute atomic E-state index is 0.00706. The fraction of sp³-hybridized carbons (Fsp3) is 0.925. The Labute approximate surface area is 291 Å². The molecule has 0 bridgehead atoms. The number of unbranched alkanes of at least 4 members (excludes halogenated alkanes) is 16. The van der Waals surface area contributed by atoms with E-state index in [0.717, 1.165) is 116 Å². The molecule has 0 aromatic carbocycles. The number of nitrogens with one attached hydrogen (secondary N) is 1. The summed E-state index contributed by atoms with van der Waals surface area (Å²) in [5.41, 5.74) is 0. The second kappa shape index (κ2) is 35.7. The van der Waals surface area contributed by atoms with E-state index in [9.17, 15) is 14.4 Å². The molecule has 0 spiro atoms. The van der Waals surface area contributed by atoms with Gasteiger partial charge < -0.3 is 19.7 Å². The first-order valence-corrected chi connectivity index (χ1v) is 20.3. The Morgan fingerprint density at radius 2 is 1.02 bits per heavy atom. The van der Waals surface area contributed by atoms with Crippen molar-refractivity contribution in [3.8, 4) is 0 Å². The lowest BCUT2D eigenvalue weighted by atomic mass is 10.1. The summed E-state index contributed by atoms with van der Waals surface area (Å²) in [6.45, 7) is 13.0. The van der Waals surface area contributed by atoms with Crippen molar-refractivity contribution in [1.29, 1.82) is 0 Å². The largest absolute Gasteiger partial charge is 0.466 e. The Balaban J connectivity index is 4.14. The van der Waals surface area contributed by atoms with Crippen molar-refractivity contribution < 1.29 is 23.9 Å². The van der Waals surface area contributed by atoms with E-state index in [1.165, 1.54) is 64.2 Å². The molecule has 7 heteroatoms. The third kappa shape index (κ3) is 32.7. The zero-order valence-electron chi connectivity index (χ0n) is 31.7. The van der Waals surface area contributed by atoms with Gasteiger partial charge in [-0.2, -0.15) is 0 Å². The highest BCUT2D eigenvalue weighted by molar-refractivity contribution is 5.75. The van der Waals surface area contributed by atoms with Gasteiger partial charge in [0.25, 0.3) is 0 Å². The molecule has 0 aliphatic rings. The lowest BCUT2D eigenvalue weighted by Gasteiger charge is -2.22. The zero-order valence-corrected chi connectivity index (χ0v) is 31.7. The van der Waals surface area contributed by atoms with Gasteiger partial charge in [0, 0.05) is 25.8 Å². The van der Waals surface area contributed by atoms with Crippen LogP contribution in [-0.4, -0.2) is 61.6 Å². The second-order valence-corrected chi connectivity index (χ2v) is 13.7. The molecule has 1 N–H and O–H groups in total. The molecule has 0 aliphatic carbocycles. The Morgan fingerprint density at radius 3 is 1.64 bits per heavy atom. The van der Waals surface area contributed by atoms with Gasteiger partial charge in [0.15, 0.2) is 0 Å². The van der Waals surface area contributed by atoms with Gasteiger partial charge in [0.2, 0.25) is 5.91 Å². The maximum absolute atomic E-state index is 12.4. The average Bonchev–Trinajstić information content (AvgIpc) is 3.07. The minimum Gasteiger partial charge on any atom is -0.466 e. The van der Waals surface area contributed by atoms with Crippen LogP contribution in [0.25, 0.3) is 0 Å². The van der Waals surface area contributed by atoms with Crippen molar-refractivity contribution in [2.45, 2.75) is 207 Å². The van der Waals surface area contributed by atoms with Gasteiger partial charge in [0.1, 0.15) is 6.10 Å². The first-order valence-electron chi connectivity index (χ1n) is 20.3. The maximum atomic E-state index is 12.4. The SMILES string of the molecule is CCCCCCCCOC(=O)CCCCCCCN(CCCCCCCC(=O)OC(CCCC)CCCCC)CCCNC(=O)CC. The molecule has 0 rings (SSSR count). The molecule has 0 radical (unpaired) electrons. The van der Waals surface area contributed by atoms with Crippen molar-refractivity contribution >= 4 is 17.8 Å². The van der Waals surface area contributed by atoms with Crippen molar-refractivity contribution in [1.82, 2.24) is 10.2 Å². The van der Waals surface area contributed by atoms with Crippen LogP contribution in [0.3, 0.4) is 0 Å². The number of hydrogen-bond acceptors (Lipinski definition) is 6. The van der Waals surface area contributed by atoms with E-state index in [0.29, 0.717) is 25.9 Å². The van der Waals surface area contributed by atoms with Crippen LogP contribution in [-0.2, 0) is 23.9 Å².